The third kappa shape index (κ3) is 52.9. The molecule has 0 heterocycles. The zero-order valence-electron chi connectivity index (χ0n) is 47.7. The molecule has 0 aliphatic rings. The molecule has 0 aliphatic heterocycles. The molecule has 71 heavy (non-hydrogen) atoms. The van der Waals surface area contributed by atoms with Crippen molar-refractivity contribution in [3.63, 3.8) is 0 Å². The van der Waals surface area contributed by atoms with Gasteiger partial charge in [0.1, 0.15) is 19.3 Å². The maximum Gasteiger partial charge on any atom is 0.306 e. The second-order valence-corrected chi connectivity index (χ2v) is 23.3. The van der Waals surface area contributed by atoms with Crippen LogP contribution in [0.3, 0.4) is 0 Å². The zero-order chi connectivity index (χ0) is 52.2. The fourth-order valence-corrected chi connectivity index (χ4v) is 9.57. The molecular formula is C61H117N2O7P. The number of hydrogen-bond donors (Lipinski definition) is 1. The van der Waals surface area contributed by atoms with E-state index in [1.807, 2.05) is 33.3 Å². The van der Waals surface area contributed by atoms with Crippen LogP contribution in [0.15, 0.2) is 36.5 Å². The molecule has 0 spiro atoms. The number of phosphoric acid groups is 1. The minimum absolute atomic E-state index is 0.0213. The predicted octanol–water partition coefficient (Wildman–Crippen LogP) is 17.7. The Morgan fingerprint density at radius 3 is 1.30 bits per heavy atom. The molecule has 0 aliphatic carbocycles. The zero-order valence-corrected chi connectivity index (χ0v) is 48.6. The normalized spacial score (nSPS) is 14.0. The van der Waals surface area contributed by atoms with Gasteiger partial charge in [-0.15, -0.1) is 0 Å². The number of ether oxygens (including phenoxy) is 1. The van der Waals surface area contributed by atoms with Gasteiger partial charge in [0, 0.05) is 12.8 Å². The molecule has 9 nitrogen and oxygen atoms in total. The van der Waals surface area contributed by atoms with Gasteiger partial charge in [0.2, 0.25) is 5.91 Å². The minimum Gasteiger partial charge on any atom is -0.756 e. The summed E-state index contributed by atoms with van der Waals surface area (Å²) in [6.45, 7) is 6.84. The summed E-state index contributed by atoms with van der Waals surface area (Å²) in [4.78, 5) is 39.9. The third-order valence-corrected chi connectivity index (χ3v) is 14.5. The quantitative estimate of drug-likeness (QED) is 0.0212. The number of nitrogens with one attached hydrogen (secondary N) is 1. The van der Waals surface area contributed by atoms with Crippen molar-refractivity contribution in [3.05, 3.63) is 36.5 Å². The van der Waals surface area contributed by atoms with Gasteiger partial charge in [-0.05, 0) is 63.9 Å². The summed E-state index contributed by atoms with van der Waals surface area (Å²) in [6, 6.07) is -0.887. The molecule has 0 radical (unpaired) electrons. The monoisotopic (exact) mass is 1020 g/mol. The van der Waals surface area contributed by atoms with E-state index >= 15 is 0 Å². The first kappa shape index (κ1) is 69.2. The van der Waals surface area contributed by atoms with Crippen LogP contribution in [0.4, 0.5) is 0 Å². The van der Waals surface area contributed by atoms with Crippen LogP contribution in [0, 0.1) is 0 Å². The van der Waals surface area contributed by atoms with Gasteiger partial charge in [-0.1, -0.05) is 250 Å². The van der Waals surface area contributed by atoms with Crippen LogP contribution in [0.2, 0.25) is 0 Å². The van der Waals surface area contributed by atoms with Crippen molar-refractivity contribution in [3.8, 4) is 0 Å². The molecule has 0 saturated carbocycles. The number of unbranched alkanes of at least 4 members (excludes halogenated alkanes) is 35. The van der Waals surface area contributed by atoms with Crippen LogP contribution >= 0.6 is 7.82 Å². The second-order valence-electron chi connectivity index (χ2n) is 21.9. The Morgan fingerprint density at radius 2 is 0.859 bits per heavy atom. The highest BCUT2D eigenvalue weighted by Gasteiger charge is 2.27. The maximum absolute atomic E-state index is 13.5. The number of nitrogens with zero attached hydrogens (tertiary/aromatic N) is 1. The number of amides is 1. The number of hydrogen-bond acceptors (Lipinski definition) is 7. The molecule has 0 bridgehead atoms. The number of likely N-dealkylation sites (N-methyl/N-ethyl adjacent to an activating group) is 1. The fourth-order valence-electron chi connectivity index (χ4n) is 8.85. The van der Waals surface area contributed by atoms with Gasteiger partial charge in [-0.3, -0.25) is 14.2 Å². The molecule has 1 N–H and O–H groups in total. The van der Waals surface area contributed by atoms with Crippen LogP contribution in [-0.2, 0) is 27.9 Å². The van der Waals surface area contributed by atoms with Crippen molar-refractivity contribution in [2.24, 2.45) is 0 Å². The van der Waals surface area contributed by atoms with E-state index in [1.54, 1.807) is 0 Å². The molecule has 0 aromatic rings. The van der Waals surface area contributed by atoms with Gasteiger partial charge >= 0.3 is 5.97 Å². The van der Waals surface area contributed by atoms with Crippen LogP contribution < -0.4 is 10.2 Å². The lowest BCUT2D eigenvalue weighted by molar-refractivity contribution is -0.870. The number of allylic oxidation sites excluding steroid dienone is 5. The molecule has 1 amide bonds. The highest BCUT2D eigenvalue weighted by Crippen LogP contribution is 2.38. The van der Waals surface area contributed by atoms with E-state index in [1.165, 1.54) is 180 Å². The van der Waals surface area contributed by atoms with E-state index in [9.17, 15) is 19.0 Å². The van der Waals surface area contributed by atoms with E-state index in [4.69, 9.17) is 13.8 Å². The van der Waals surface area contributed by atoms with Gasteiger partial charge in [-0.25, -0.2) is 0 Å². The van der Waals surface area contributed by atoms with Crippen molar-refractivity contribution in [1.29, 1.82) is 0 Å². The summed E-state index contributed by atoms with van der Waals surface area (Å²) >= 11 is 0. The van der Waals surface area contributed by atoms with Crippen molar-refractivity contribution >= 4 is 19.7 Å². The lowest BCUT2D eigenvalue weighted by Gasteiger charge is -2.30. The average molecular weight is 1020 g/mol. The smallest absolute Gasteiger partial charge is 0.306 e. The molecule has 0 aromatic carbocycles. The lowest BCUT2D eigenvalue weighted by atomic mass is 10.0. The van der Waals surface area contributed by atoms with Crippen molar-refractivity contribution in [2.45, 2.75) is 303 Å². The van der Waals surface area contributed by atoms with Gasteiger partial charge in [0.15, 0.2) is 0 Å². The molecule has 10 heteroatoms. The maximum atomic E-state index is 13.5. The Hall–Kier alpha value is -1.77. The minimum atomic E-state index is -4.69. The first-order valence-corrected chi connectivity index (χ1v) is 31.8. The molecule has 418 valence electrons. The van der Waals surface area contributed by atoms with E-state index in [-0.39, 0.29) is 31.5 Å². The van der Waals surface area contributed by atoms with Crippen molar-refractivity contribution < 1.29 is 37.3 Å². The lowest BCUT2D eigenvalue weighted by Crippen LogP contribution is -2.47. The summed E-state index contributed by atoms with van der Waals surface area (Å²) in [5, 5.41) is 3.03. The molecular weight excluding hydrogens is 904 g/mol. The van der Waals surface area contributed by atoms with E-state index in [2.05, 4.69) is 50.4 Å². The van der Waals surface area contributed by atoms with Crippen molar-refractivity contribution in [2.75, 3.05) is 40.9 Å². The van der Waals surface area contributed by atoms with Crippen LogP contribution in [0.5, 0.6) is 0 Å². The number of phosphoric ester groups is 1. The molecule has 0 saturated heterocycles. The second kappa shape index (κ2) is 51.7. The summed E-state index contributed by atoms with van der Waals surface area (Å²) in [5.41, 5.74) is 0. The van der Waals surface area contributed by atoms with Crippen LogP contribution in [0.1, 0.15) is 290 Å². The van der Waals surface area contributed by atoms with Crippen LogP contribution in [-0.4, -0.2) is 69.4 Å². The van der Waals surface area contributed by atoms with E-state index < -0.39 is 20.0 Å². The predicted molar refractivity (Wildman–Crippen MR) is 303 cm³/mol. The number of carbonyl (C=O) groups excluding carboxylic acids is 2. The van der Waals surface area contributed by atoms with E-state index in [0.29, 0.717) is 17.4 Å². The number of esters is 1. The summed E-state index contributed by atoms with van der Waals surface area (Å²) in [6.07, 6.45) is 61.0. The van der Waals surface area contributed by atoms with E-state index in [0.717, 1.165) is 77.0 Å². The number of quaternary nitrogens is 1. The average Bonchev–Trinajstić information content (AvgIpc) is 3.33. The first-order valence-electron chi connectivity index (χ1n) is 30.3. The fraction of sp³-hybridized carbons (Fsp3) is 0.869. The number of carbonyl (C=O) groups is 2. The molecule has 0 fully saturated rings. The Bertz CT molecular complexity index is 1310. The largest absolute Gasteiger partial charge is 0.756 e. The highest BCUT2D eigenvalue weighted by atomic mass is 31.2. The van der Waals surface area contributed by atoms with Gasteiger partial charge in [0.25, 0.3) is 7.82 Å². The Balaban J connectivity index is 5.32. The van der Waals surface area contributed by atoms with Gasteiger partial charge in [-0.2, -0.15) is 0 Å². The van der Waals surface area contributed by atoms with Crippen molar-refractivity contribution in [1.82, 2.24) is 5.32 Å². The summed E-state index contributed by atoms with van der Waals surface area (Å²) in [7, 11) is 1.19. The molecule has 0 aromatic heterocycles. The number of rotatable bonds is 55. The first-order chi connectivity index (χ1) is 34.4. The SMILES string of the molecule is CCCCC/C=C\C/C=C\CCCCCCCCCC(=O)OC(/C=C/CCCCCCCCCCCCC)C(COP(=O)([O-])OCC[N+](C)(C)C)NC(=O)CCCCCCCCCCCCCCCCC. The third-order valence-electron chi connectivity index (χ3n) is 13.6. The Kier molecular flexibility index (Phi) is 50.4. The molecule has 3 atom stereocenters. The Labute approximate surface area is 440 Å². The molecule has 3 unspecified atom stereocenters. The van der Waals surface area contributed by atoms with Crippen LogP contribution in [0.25, 0.3) is 0 Å². The summed E-state index contributed by atoms with van der Waals surface area (Å²) < 4.78 is 30.3. The van der Waals surface area contributed by atoms with Gasteiger partial charge < -0.3 is 28.5 Å². The van der Waals surface area contributed by atoms with Gasteiger partial charge in [0.05, 0.1) is 33.8 Å². The summed E-state index contributed by atoms with van der Waals surface area (Å²) in [5.74, 6) is -0.538. The molecule has 0 rings (SSSR count). The Morgan fingerprint density at radius 1 is 0.493 bits per heavy atom. The highest BCUT2D eigenvalue weighted by molar-refractivity contribution is 7.45. The topological polar surface area (TPSA) is 114 Å². The standard InChI is InChI=1S/C61H117N2O7P/c1-7-10-13-16-19-22-25-28-30-31-33-36-39-42-45-48-51-54-61(65)70-59(52-49-46-43-40-37-34-27-24-21-18-15-12-9-3)58(57-69-71(66,67)68-56-55-63(4,5)6)62-60(64)53-50-47-44-41-38-35-32-29-26-23-20-17-14-11-8-2/h19,22,28,30,49,52,58-59H,7-18,20-21,23-27,29,31-48,50-51,53-57H2,1-6H3,(H-,62,64,66,67)/b22-19-,30-28-,52-49+.